The minimum absolute atomic E-state index is 0.641. The van der Waals surface area contributed by atoms with Gasteiger partial charge in [0.15, 0.2) is 5.82 Å². The van der Waals surface area contributed by atoms with Crippen LogP contribution >= 0.6 is 27.7 Å². The van der Waals surface area contributed by atoms with Crippen molar-refractivity contribution in [2.45, 2.75) is 10.6 Å². The largest absolute Gasteiger partial charge is 0.398 e. The number of benzene rings is 2. The van der Waals surface area contributed by atoms with E-state index < -0.39 is 0 Å². The Balaban J connectivity index is 1.81. The van der Waals surface area contributed by atoms with Gasteiger partial charge in [0, 0.05) is 15.1 Å². The van der Waals surface area contributed by atoms with Gasteiger partial charge in [-0.05, 0) is 40.8 Å². The van der Waals surface area contributed by atoms with E-state index in [0.717, 1.165) is 26.6 Å². The normalized spacial score (nSPS) is 10.7. The molecule has 0 atom stereocenters. The molecule has 0 saturated carbocycles. The van der Waals surface area contributed by atoms with Gasteiger partial charge < -0.3 is 5.73 Å². The summed E-state index contributed by atoms with van der Waals surface area (Å²) in [4.78, 5) is 1.01. The summed E-state index contributed by atoms with van der Waals surface area (Å²) < 4.78 is 2.74. The van der Waals surface area contributed by atoms with Crippen LogP contribution in [0.15, 0.2) is 57.9 Å². The molecule has 0 spiro atoms. The average molecular weight is 362 g/mol. The molecular weight excluding hydrogens is 350 g/mol. The van der Waals surface area contributed by atoms with E-state index in [1.54, 1.807) is 16.4 Å². The van der Waals surface area contributed by atoms with Crippen molar-refractivity contribution in [1.29, 1.82) is 0 Å². The van der Waals surface area contributed by atoms with Crippen molar-refractivity contribution in [2.75, 3.05) is 5.73 Å². The number of thioether (sulfide) groups is 1. The smallest absolute Gasteiger partial charge is 0.166 e. The lowest BCUT2D eigenvalue weighted by atomic mass is 10.3. The first kappa shape index (κ1) is 14.1. The van der Waals surface area contributed by atoms with Crippen molar-refractivity contribution in [3.8, 4) is 5.69 Å². The van der Waals surface area contributed by atoms with Crippen LogP contribution in [-0.2, 0) is 5.75 Å². The Bertz CT molecular complexity index is 744. The number of hydrogen-bond donors (Lipinski definition) is 1. The molecule has 0 aliphatic carbocycles. The van der Waals surface area contributed by atoms with E-state index in [4.69, 9.17) is 5.73 Å². The second-order valence-corrected chi connectivity index (χ2v) is 6.25. The number of nitrogen functional groups attached to an aromatic ring is 1. The predicted octanol–water partition coefficient (Wildman–Crippen LogP) is 3.30. The van der Waals surface area contributed by atoms with E-state index in [2.05, 4.69) is 31.5 Å². The molecule has 0 aliphatic rings. The minimum Gasteiger partial charge on any atom is -0.398 e. The van der Waals surface area contributed by atoms with Crippen LogP contribution in [0, 0.1) is 0 Å². The van der Waals surface area contributed by atoms with Crippen molar-refractivity contribution in [2.24, 2.45) is 0 Å². The van der Waals surface area contributed by atoms with Crippen LogP contribution in [0.3, 0.4) is 0 Å². The molecule has 5 nitrogen and oxygen atoms in total. The molecule has 3 rings (SSSR count). The van der Waals surface area contributed by atoms with Crippen molar-refractivity contribution < 1.29 is 0 Å². The minimum atomic E-state index is 0.641. The summed E-state index contributed by atoms with van der Waals surface area (Å²) >= 11 is 5.06. The lowest BCUT2D eigenvalue weighted by Crippen LogP contribution is -2.02. The van der Waals surface area contributed by atoms with Gasteiger partial charge in [0.1, 0.15) is 0 Å². The third-order valence-corrected chi connectivity index (χ3v) is 4.43. The number of rotatable bonds is 4. The van der Waals surface area contributed by atoms with Crippen molar-refractivity contribution in [3.63, 3.8) is 0 Å². The maximum absolute atomic E-state index is 5.98. The summed E-state index contributed by atoms with van der Waals surface area (Å²) in [5.41, 5.74) is 7.67. The average Bonchev–Trinajstić information content (AvgIpc) is 2.97. The molecule has 0 aliphatic heterocycles. The number of aromatic nitrogens is 4. The molecule has 2 N–H and O–H groups in total. The monoisotopic (exact) mass is 361 g/mol. The Labute approximate surface area is 134 Å². The molecule has 0 fully saturated rings. The molecular formula is C14H12BrN5S. The Morgan fingerprint density at radius 2 is 1.95 bits per heavy atom. The molecule has 0 radical (unpaired) electrons. The number of para-hydroxylation sites is 1. The van der Waals surface area contributed by atoms with E-state index in [0.29, 0.717) is 5.75 Å². The van der Waals surface area contributed by atoms with Gasteiger partial charge >= 0.3 is 0 Å². The Hall–Kier alpha value is -1.86. The summed E-state index contributed by atoms with van der Waals surface area (Å²) in [5, 5.41) is 11.9. The van der Waals surface area contributed by atoms with E-state index in [1.807, 2.05) is 48.5 Å². The zero-order chi connectivity index (χ0) is 14.7. The topological polar surface area (TPSA) is 69.6 Å². The van der Waals surface area contributed by atoms with Crippen LogP contribution in [0.2, 0.25) is 0 Å². The first-order chi connectivity index (χ1) is 10.2. The zero-order valence-electron chi connectivity index (χ0n) is 11.0. The van der Waals surface area contributed by atoms with Crippen LogP contribution in [0.5, 0.6) is 0 Å². The van der Waals surface area contributed by atoms with Crippen LogP contribution in [0.25, 0.3) is 5.69 Å². The highest BCUT2D eigenvalue weighted by Crippen LogP contribution is 2.30. The number of hydrogen-bond acceptors (Lipinski definition) is 5. The number of anilines is 1. The Morgan fingerprint density at radius 3 is 2.76 bits per heavy atom. The maximum Gasteiger partial charge on any atom is 0.166 e. The van der Waals surface area contributed by atoms with Crippen LogP contribution in [0.1, 0.15) is 5.82 Å². The fraction of sp³-hybridized carbons (Fsp3) is 0.0714. The van der Waals surface area contributed by atoms with Gasteiger partial charge in [-0.3, -0.25) is 0 Å². The molecule has 7 heteroatoms. The molecule has 21 heavy (non-hydrogen) atoms. The maximum atomic E-state index is 5.98. The lowest BCUT2D eigenvalue weighted by molar-refractivity contribution is 0.777. The van der Waals surface area contributed by atoms with Gasteiger partial charge in [-0.25, -0.2) is 0 Å². The lowest BCUT2D eigenvalue weighted by Gasteiger charge is -2.06. The molecule has 2 aromatic carbocycles. The fourth-order valence-corrected chi connectivity index (χ4v) is 3.26. The van der Waals surface area contributed by atoms with Gasteiger partial charge in [-0.1, -0.05) is 34.1 Å². The number of halogens is 1. The Kier molecular flexibility index (Phi) is 4.21. The molecule has 0 amide bonds. The summed E-state index contributed by atoms with van der Waals surface area (Å²) in [6.07, 6.45) is 0. The van der Waals surface area contributed by atoms with Gasteiger partial charge in [0.2, 0.25) is 0 Å². The van der Waals surface area contributed by atoms with Crippen molar-refractivity contribution >= 4 is 33.4 Å². The fourth-order valence-electron chi connectivity index (χ4n) is 1.84. The van der Waals surface area contributed by atoms with Gasteiger partial charge in [-0.2, -0.15) is 4.68 Å². The second kappa shape index (κ2) is 6.28. The van der Waals surface area contributed by atoms with E-state index >= 15 is 0 Å². The van der Waals surface area contributed by atoms with E-state index in [9.17, 15) is 0 Å². The molecule has 0 unspecified atom stereocenters. The summed E-state index contributed by atoms with van der Waals surface area (Å²) in [7, 11) is 0. The first-order valence-corrected chi connectivity index (χ1v) is 8.02. The third kappa shape index (κ3) is 3.25. The zero-order valence-corrected chi connectivity index (χ0v) is 13.4. The molecule has 0 bridgehead atoms. The quantitative estimate of drug-likeness (QED) is 0.570. The van der Waals surface area contributed by atoms with Crippen molar-refractivity contribution in [1.82, 2.24) is 20.2 Å². The highest BCUT2D eigenvalue weighted by molar-refractivity contribution is 9.10. The molecule has 1 heterocycles. The standard InChI is InChI=1S/C14H12BrN5S/c15-10-6-7-12(16)13(8-10)21-9-14-17-18-19-20(14)11-4-2-1-3-5-11/h1-8H,9,16H2. The second-order valence-electron chi connectivity index (χ2n) is 4.31. The molecule has 0 saturated heterocycles. The number of nitrogens with zero attached hydrogens (tertiary/aromatic N) is 4. The first-order valence-electron chi connectivity index (χ1n) is 6.24. The summed E-state index contributed by atoms with van der Waals surface area (Å²) in [5.74, 6) is 1.42. The predicted molar refractivity (Wildman–Crippen MR) is 87.3 cm³/mol. The molecule has 3 aromatic rings. The van der Waals surface area contributed by atoms with Gasteiger partial charge in [0.25, 0.3) is 0 Å². The highest BCUT2D eigenvalue weighted by Gasteiger charge is 2.09. The van der Waals surface area contributed by atoms with Crippen LogP contribution < -0.4 is 5.73 Å². The van der Waals surface area contributed by atoms with E-state index in [-0.39, 0.29) is 0 Å². The summed E-state index contributed by atoms with van der Waals surface area (Å²) in [6.45, 7) is 0. The van der Waals surface area contributed by atoms with Crippen molar-refractivity contribution in [3.05, 3.63) is 58.8 Å². The van der Waals surface area contributed by atoms with Gasteiger partial charge in [-0.15, -0.1) is 16.9 Å². The van der Waals surface area contributed by atoms with Crippen LogP contribution in [-0.4, -0.2) is 20.2 Å². The molecule has 106 valence electrons. The SMILES string of the molecule is Nc1ccc(Br)cc1SCc1nnnn1-c1ccccc1. The van der Waals surface area contributed by atoms with E-state index in [1.165, 1.54) is 0 Å². The highest BCUT2D eigenvalue weighted by atomic mass is 79.9. The number of tetrazole rings is 1. The third-order valence-electron chi connectivity index (χ3n) is 2.87. The summed E-state index contributed by atoms with van der Waals surface area (Å²) in [6, 6.07) is 15.6. The Morgan fingerprint density at radius 1 is 1.14 bits per heavy atom. The number of nitrogens with two attached hydrogens (primary N) is 1. The van der Waals surface area contributed by atoms with Crippen LogP contribution in [0.4, 0.5) is 5.69 Å². The molecule has 1 aromatic heterocycles. The van der Waals surface area contributed by atoms with Gasteiger partial charge in [0.05, 0.1) is 11.4 Å².